The van der Waals surface area contributed by atoms with Crippen molar-refractivity contribution in [3.63, 3.8) is 0 Å². The van der Waals surface area contributed by atoms with Gasteiger partial charge in [0.05, 0.1) is 0 Å². The number of halogens is 1. The number of aromatic nitrogens is 2. The molecule has 0 aliphatic rings. The Balaban J connectivity index is 2.20. The minimum Gasteiger partial charge on any atom is -0.412 e. The lowest BCUT2D eigenvalue weighted by Crippen LogP contribution is -2.32. The molecule has 1 amide bonds. The van der Waals surface area contributed by atoms with Gasteiger partial charge in [-0.15, -0.1) is 10.2 Å². The third kappa shape index (κ3) is 3.82. The topological polar surface area (TPSA) is 59.2 Å². The predicted octanol–water partition coefficient (Wildman–Crippen LogP) is 3.65. The van der Waals surface area contributed by atoms with Crippen molar-refractivity contribution in [1.82, 2.24) is 15.1 Å². The van der Waals surface area contributed by atoms with Gasteiger partial charge < -0.3 is 9.32 Å². The molecule has 6 heteroatoms. The summed E-state index contributed by atoms with van der Waals surface area (Å²) in [5.41, 5.74) is 0.701. The van der Waals surface area contributed by atoms with Crippen molar-refractivity contribution in [3.05, 3.63) is 35.2 Å². The smallest absolute Gasteiger partial charge is 0.311 e. The first-order valence-electron chi connectivity index (χ1n) is 7.04. The van der Waals surface area contributed by atoms with E-state index >= 15 is 0 Å². The Morgan fingerprint density at radius 3 is 2.57 bits per heavy atom. The molecule has 0 spiro atoms. The first-order chi connectivity index (χ1) is 10.2. The van der Waals surface area contributed by atoms with Gasteiger partial charge in [0, 0.05) is 23.7 Å². The summed E-state index contributed by atoms with van der Waals surface area (Å²) in [7, 11) is 0. The molecule has 5 nitrogen and oxygen atoms in total. The van der Waals surface area contributed by atoms with E-state index in [4.69, 9.17) is 16.0 Å². The Hall–Kier alpha value is -1.88. The summed E-state index contributed by atoms with van der Waals surface area (Å²) >= 11 is 5.93. The number of carbonyl (C=O) groups is 1. The molecule has 0 radical (unpaired) electrons. The van der Waals surface area contributed by atoms with E-state index in [0.29, 0.717) is 29.6 Å². The summed E-state index contributed by atoms with van der Waals surface area (Å²) in [6, 6.07) is 7.09. The summed E-state index contributed by atoms with van der Waals surface area (Å²) in [5.74, 6) is 0.0974. The van der Waals surface area contributed by atoms with Crippen LogP contribution in [0.5, 0.6) is 0 Å². The van der Waals surface area contributed by atoms with Gasteiger partial charge in [-0.2, -0.15) is 0 Å². The van der Waals surface area contributed by atoms with Gasteiger partial charge in [-0.3, -0.25) is 4.79 Å². The van der Waals surface area contributed by atoms with Crippen LogP contribution >= 0.6 is 11.6 Å². The predicted molar refractivity (Wildman–Crippen MR) is 81.2 cm³/mol. The molecule has 1 heterocycles. The molecule has 0 saturated heterocycles. The summed E-state index contributed by atoms with van der Waals surface area (Å²) in [6.07, 6.45) is 1.78. The van der Waals surface area contributed by atoms with Crippen LogP contribution in [-0.4, -0.2) is 34.1 Å². The largest absolute Gasteiger partial charge is 0.412 e. The van der Waals surface area contributed by atoms with Crippen LogP contribution in [0, 0.1) is 0 Å². The van der Waals surface area contributed by atoms with Crippen molar-refractivity contribution in [1.29, 1.82) is 0 Å². The van der Waals surface area contributed by atoms with Gasteiger partial charge in [-0.25, -0.2) is 0 Å². The average molecular weight is 308 g/mol. The van der Waals surface area contributed by atoms with E-state index in [-0.39, 0.29) is 11.8 Å². The van der Waals surface area contributed by atoms with Gasteiger partial charge in [0.15, 0.2) is 0 Å². The Morgan fingerprint density at radius 2 is 1.95 bits per heavy atom. The van der Waals surface area contributed by atoms with Crippen molar-refractivity contribution in [3.8, 4) is 11.5 Å². The molecule has 0 N–H and O–H groups in total. The zero-order valence-corrected chi connectivity index (χ0v) is 12.9. The molecule has 2 aromatic rings. The fourth-order valence-electron chi connectivity index (χ4n) is 2.04. The van der Waals surface area contributed by atoms with E-state index in [9.17, 15) is 4.79 Å². The van der Waals surface area contributed by atoms with E-state index in [1.807, 2.05) is 19.9 Å². The molecule has 0 atom stereocenters. The molecule has 0 aliphatic carbocycles. The quantitative estimate of drug-likeness (QED) is 0.817. The van der Waals surface area contributed by atoms with E-state index in [2.05, 4.69) is 10.2 Å². The van der Waals surface area contributed by atoms with Crippen LogP contribution in [0.3, 0.4) is 0 Å². The number of amides is 1. The maximum atomic E-state index is 12.3. The molecule has 0 fully saturated rings. The van der Waals surface area contributed by atoms with E-state index in [1.165, 1.54) is 0 Å². The lowest BCUT2D eigenvalue weighted by molar-refractivity contribution is 0.0716. The standard InChI is InChI=1S/C15H18ClN3O2/c1-3-8-19(9-4-2)15(20)14-18-17-13(21-14)11-6-5-7-12(16)10-11/h5-7,10H,3-4,8-9H2,1-2H3. The van der Waals surface area contributed by atoms with Gasteiger partial charge in [-0.05, 0) is 31.0 Å². The van der Waals surface area contributed by atoms with Crippen LogP contribution in [0.4, 0.5) is 0 Å². The number of carbonyl (C=O) groups excluding carboxylic acids is 1. The monoisotopic (exact) mass is 307 g/mol. The minimum absolute atomic E-state index is 0.0203. The Labute approximate surface area is 128 Å². The molecule has 21 heavy (non-hydrogen) atoms. The van der Waals surface area contributed by atoms with Crippen molar-refractivity contribution < 1.29 is 9.21 Å². The summed E-state index contributed by atoms with van der Waals surface area (Å²) in [6.45, 7) is 5.42. The minimum atomic E-state index is -0.223. The highest BCUT2D eigenvalue weighted by Crippen LogP contribution is 2.21. The second kappa shape index (κ2) is 7.22. The maximum absolute atomic E-state index is 12.3. The van der Waals surface area contributed by atoms with Gasteiger partial charge in [0.25, 0.3) is 0 Å². The van der Waals surface area contributed by atoms with E-state index in [1.54, 1.807) is 23.1 Å². The van der Waals surface area contributed by atoms with Crippen molar-refractivity contribution in [2.24, 2.45) is 0 Å². The molecule has 1 aromatic carbocycles. The Kier molecular flexibility index (Phi) is 5.33. The normalized spacial score (nSPS) is 10.6. The van der Waals surface area contributed by atoms with E-state index in [0.717, 1.165) is 12.8 Å². The fourth-order valence-corrected chi connectivity index (χ4v) is 2.23. The van der Waals surface area contributed by atoms with Gasteiger partial charge in [0.2, 0.25) is 5.89 Å². The van der Waals surface area contributed by atoms with Crippen molar-refractivity contribution >= 4 is 17.5 Å². The van der Waals surface area contributed by atoms with Crippen LogP contribution in [-0.2, 0) is 0 Å². The highest BCUT2D eigenvalue weighted by molar-refractivity contribution is 6.30. The van der Waals surface area contributed by atoms with E-state index < -0.39 is 0 Å². The first kappa shape index (κ1) is 15.5. The highest BCUT2D eigenvalue weighted by Gasteiger charge is 2.21. The van der Waals surface area contributed by atoms with Crippen molar-refractivity contribution in [2.75, 3.05) is 13.1 Å². The fraction of sp³-hybridized carbons (Fsp3) is 0.400. The molecular formula is C15H18ClN3O2. The average Bonchev–Trinajstić information content (AvgIpc) is 2.96. The van der Waals surface area contributed by atoms with Crippen LogP contribution in [0.1, 0.15) is 37.4 Å². The van der Waals surface area contributed by atoms with Gasteiger partial charge in [-0.1, -0.05) is 31.5 Å². The zero-order chi connectivity index (χ0) is 15.2. The summed E-state index contributed by atoms with van der Waals surface area (Å²) in [5, 5.41) is 8.37. The first-order valence-corrected chi connectivity index (χ1v) is 7.42. The second-order valence-corrected chi connectivity index (χ2v) is 5.15. The number of benzene rings is 1. The SMILES string of the molecule is CCCN(CCC)C(=O)c1nnc(-c2cccc(Cl)c2)o1. The van der Waals surface area contributed by atoms with Crippen LogP contribution in [0.15, 0.2) is 28.7 Å². The van der Waals surface area contributed by atoms with Gasteiger partial charge >= 0.3 is 11.8 Å². The number of hydrogen-bond donors (Lipinski definition) is 0. The molecular weight excluding hydrogens is 290 g/mol. The molecule has 0 aliphatic heterocycles. The molecule has 1 aromatic heterocycles. The van der Waals surface area contributed by atoms with Crippen LogP contribution in [0.25, 0.3) is 11.5 Å². The van der Waals surface area contributed by atoms with Crippen LogP contribution < -0.4 is 0 Å². The van der Waals surface area contributed by atoms with Crippen LogP contribution in [0.2, 0.25) is 5.02 Å². The van der Waals surface area contributed by atoms with Crippen molar-refractivity contribution in [2.45, 2.75) is 26.7 Å². The number of nitrogens with zero attached hydrogens (tertiary/aromatic N) is 3. The lowest BCUT2D eigenvalue weighted by atomic mass is 10.2. The molecule has 0 unspecified atom stereocenters. The highest BCUT2D eigenvalue weighted by atomic mass is 35.5. The Morgan fingerprint density at radius 1 is 1.24 bits per heavy atom. The molecule has 0 bridgehead atoms. The number of hydrogen-bond acceptors (Lipinski definition) is 4. The maximum Gasteiger partial charge on any atom is 0.311 e. The lowest BCUT2D eigenvalue weighted by Gasteiger charge is -2.18. The Bertz CT molecular complexity index is 606. The third-order valence-corrected chi connectivity index (χ3v) is 3.19. The second-order valence-electron chi connectivity index (χ2n) is 4.71. The summed E-state index contributed by atoms with van der Waals surface area (Å²) in [4.78, 5) is 14.1. The number of rotatable bonds is 6. The van der Waals surface area contributed by atoms with Gasteiger partial charge in [0.1, 0.15) is 0 Å². The summed E-state index contributed by atoms with van der Waals surface area (Å²) < 4.78 is 5.49. The molecule has 0 saturated carbocycles. The molecule has 112 valence electrons. The third-order valence-electron chi connectivity index (χ3n) is 2.95. The zero-order valence-electron chi connectivity index (χ0n) is 12.2. The molecule has 2 rings (SSSR count).